The van der Waals surface area contributed by atoms with Crippen molar-refractivity contribution in [1.29, 1.82) is 0 Å². The second kappa shape index (κ2) is 9.47. The van der Waals surface area contributed by atoms with E-state index in [4.69, 9.17) is 14.0 Å². The molecule has 2 aromatic heterocycles. The number of benzene rings is 1. The van der Waals surface area contributed by atoms with Crippen molar-refractivity contribution in [3.05, 3.63) is 59.0 Å². The van der Waals surface area contributed by atoms with Crippen LogP contribution in [0.15, 0.2) is 41.1 Å². The van der Waals surface area contributed by atoms with Gasteiger partial charge in [-0.1, -0.05) is 17.3 Å². The highest BCUT2D eigenvalue weighted by atomic mass is 19.4. The van der Waals surface area contributed by atoms with Crippen molar-refractivity contribution in [2.75, 3.05) is 12.0 Å². The number of pyridine rings is 1. The summed E-state index contributed by atoms with van der Waals surface area (Å²) in [4.78, 5) is 19.0. The molecule has 0 amide bonds. The zero-order valence-electron chi connectivity index (χ0n) is 22.7. The van der Waals surface area contributed by atoms with E-state index in [-0.39, 0.29) is 35.5 Å². The smallest absolute Gasteiger partial charge is 0.465 e. The van der Waals surface area contributed by atoms with Crippen molar-refractivity contribution >= 4 is 11.8 Å². The van der Waals surface area contributed by atoms with Gasteiger partial charge < -0.3 is 23.6 Å². The first-order valence-electron chi connectivity index (χ1n) is 14.0. The lowest BCUT2D eigenvalue weighted by molar-refractivity contribution is -0.274. The number of hydrogen-bond donors (Lipinski definition) is 0. The first kappa shape index (κ1) is 26.3. The van der Waals surface area contributed by atoms with Gasteiger partial charge >= 0.3 is 12.3 Å². The Morgan fingerprint density at radius 3 is 2.68 bits per heavy atom. The molecule has 11 heteroatoms. The molecule has 3 aliphatic carbocycles. The molecule has 1 spiro atoms. The topological polar surface area (TPSA) is 86.7 Å². The van der Waals surface area contributed by atoms with Crippen LogP contribution in [0.4, 0.5) is 19.0 Å². The number of esters is 1. The summed E-state index contributed by atoms with van der Waals surface area (Å²) in [7, 11) is 1.36. The van der Waals surface area contributed by atoms with E-state index in [1.54, 1.807) is 18.3 Å². The van der Waals surface area contributed by atoms with E-state index in [2.05, 4.69) is 19.8 Å². The SMILES string of the molecule is COC(=O)c1cnc(N2C3CC(OCc4c(-c5ccccc5OC(F)(F)F)noc4C4CC4)CC4CCC432)cc1C. The average Bonchev–Trinajstić information content (AvgIpc) is 3.84. The van der Waals surface area contributed by atoms with Crippen LogP contribution in [0, 0.1) is 12.8 Å². The van der Waals surface area contributed by atoms with E-state index in [9.17, 15) is 18.0 Å². The van der Waals surface area contributed by atoms with E-state index in [1.807, 2.05) is 13.0 Å². The van der Waals surface area contributed by atoms with Crippen LogP contribution < -0.4 is 9.64 Å². The highest BCUT2D eigenvalue weighted by molar-refractivity contribution is 5.91. The Balaban J connectivity index is 1.10. The lowest BCUT2D eigenvalue weighted by atomic mass is 9.64. The molecule has 1 aliphatic heterocycles. The Morgan fingerprint density at radius 1 is 1.20 bits per heavy atom. The van der Waals surface area contributed by atoms with Gasteiger partial charge in [0.05, 0.1) is 37.0 Å². The fourth-order valence-electron chi connectivity index (χ4n) is 7.03. The molecule has 1 aromatic carbocycles. The van der Waals surface area contributed by atoms with Crippen LogP contribution in [0.1, 0.15) is 71.7 Å². The predicted molar refractivity (Wildman–Crippen MR) is 140 cm³/mol. The molecule has 41 heavy (non-hydrogen) atoms. The normalized spacial score (nSPS) is 26.6. The highest BCUT2D eigenvalue weighted by Crippen LogP contribution is 2.66. The van der Waals surface area contributed by atoms with Gasteiger partial charge in [0.2, 0.25) is 0 Å². The molecule has 4 atom stereocenters. The Hall–Kier alpha value is -3.60. The molecule has 8 nitrogen and oxygen atoms in total. The maximum Gasteiger partial charge on any atom is 0.573 e. The minimum Gasteiger partial charge on any atom is -0.465 e. The number of halogens is 3. The first-order valence-corrected chi connectivity index (χ1v) is 14.0. The molecule has 216 valence electrons. The molecule has 0 bridgehead atoms. The highest BCUT2D eigenvalue weighted by Gasteiger charge is 2.73. The van der Waals surface area contributed by atoms with E-state index in [0.29, 0.717) is 34.5 Å². The van der Waals surface area contributed by atoms with Crippen molar-refractivity contribution in [2.24, 2.45) is 5.92 Å². The van der Waals surface area contributed by atoms with E-state index in [0.717, 1.165) is 49.9 Å². The van der Waals surface area contributed by atoms with Crippen LogP contribution >= 0.6 is 0 Å². The van der Waals surface area contributed by atoms with Gasteiger partial charge in [-0.3, -0.25) is 0 Å². The second-order valence-electron chi connectivity index (χ2n) is 11.6. The summed E-state index contributed by atoms with van der Waals surface area (Å²) in [6, 6.07) is 8.24. The number of rotatable bonds is 8. The quantitative estimate of drug-likeness (QED) is 0.230. The maximum absolute atomic E-state index is 13.1. The molecule has 3 aromatic rings. The van der Waals surface area contributed by atoms with Crippen molar-refractivity contribution in [2.45, 2.75) is 82.0 Å². The molecule has 4 unspecified atom stereocenters. The van der Waals surface area contributed by atoms with Gasteiger partial charge in [-0.15, -0.1) is 13.2 Å². The Labute approximate surface area is 234 Å². The zero-order chi connectivity index (χ0) is 28.5. The second-order valence-corrected chi connectivity index (χ2v) is 11.6. The molecule has 4 aliphatic rings. The molecule has 7 rings (SSSR count). The molecule has 3 saturated carbocycles. The van der Waals surface area contributed by atoms with Crippen molar-refractivity contribution in [3.63, 3.8) is 0 Å². The number of methoxy groups -OCH3 is 1. The van der Waals surface area contributed by atoms with Gasteiger partial charge in [-0.05, 0) is 75.1 Å². The number of nitrogens with zero attached hydrogens (tertiary/aromatic N) is 3. The molecular weight excluding hydrogens is 539 g/mol. The van der Waals surface area contributed by atoms with Crippen molar-refractivity contribution < 1.29 is 36.7 Å². The van der Waals surface area contributed by atoms with Crippen LogP contribution in [0.25, 0.3) is 11.3 Å². The minimum atomic E-state index is -4.82. The summed E-state index contributed by atoms with van der Waals surface area (Å²) < 4.78 is 60.7. The number of anilines is 1. The first-order chi connectivity index (χ1) is 19.7. The minimum absolute atomic E-state index is 0.0182. The van der Waals surface area contributed by atoms with Crippen LogP contribution in [0.5, 0.6) is 5.75 Å². The summed E-state index contributed by atoms with van der Waals surface area (Å²) in [6.45, 7) is 2.09. The monoisotopic (exact) mass is 569 g/mol. The van der Waals surface area contributed by atoms with Crippen LogP contribution in [0.3, 0.4) is 0 Å². The number of carbonyl (C=O) groups is 1. The molecular formula is C30H30F3N3O5. The maximum atomic E-state index is 13.1. The molecule has 1 saturated heterocycles. The van der Waals surface area contributed by atoms with E-state index >= 15 is 0 Å². The van der Waals surface area contributed by atoms with Gasteiger partial charge in [0.25, 0.3) is 0 Å². The number of carbonyl (C=O) groups excluding carboxylic acids is 1. The summed E-state index contributed by atoms with van der Waals surface area (Å²) >= 11 is 0. The Morgan fingerprint density at radius 2 is 2.00 bits per heavy atom. The molecule has 0 radical (unpaired) electrons. The summed E-state index contributed by atoms with van der Waals surface area (Å²) in [5.41, 5.74) is 2.64. The van der Waals surface area contributed by atoms with Gasteiger partial charge in [0.1, 0.15) is 23.0 Å². The zero-order valence-corrected chi connectivity index (χ0v) is 22.7. The third-order valence-corrected chi connectivity index (χ3v) is 9.25. The predicted octanol–water partition coefficient (Wildman–Crippen LogP) is 6.32. The van der Waals surface area contributed by atoms with Crippen LogP contribution in [0.2, 0.25) is 0 Å². The number of aryl methyl sites for hydroxylation is 1. The number of ether oxygens (including phenoxy) is 3. The lowest BCUT2D eigenvalue weighted by Crippen LogP contribution is -2.46. The Kier molecular flexibility index (Phi) is 6.08. The third-order valence-electron chi connectivity index (χ3n) is 9.25. The van der Waals surface area contributed by atoms with Crippen molar-refractivity contribution in [1.82, 2.24) is 10.1 Å². The van der Waals surface area contributed by atoms with Gasteiger partial charge in [0.15, 0.2) is 0 Å². The van der Waals surface area contributed by atoms with Gasteiger partial charge in [-0.2, -0.15) is 0 Å². The number of para-hydroxylation sites is 1. The van der Waals surface area contributed by atoms with Crippen LogP contribution in [-0.4, -0.2) is 47.3 Å². The number of aromatic nitrogens is 2. The molecule has 0 N–H and O–H groups in total. The average molecular weight is 570 g/mol. The summed E-state index contributed by atoms with van der Waals surface area (Å²) in [6.07, 6.45) is 2.59. The largest absolute Gasteiger partial charge is 0.573 e. The van der Waals surface area contributed by atoms with Gasteiger partial charge in [0, 0.05) is 23.2 Å². The third kappa shape index (κ3) is 4.45. The Bertz CT molecular complexity index is 1500. The number of alkyl halides is 3. The van der Waals surface area contributed by atoms with Gasteiger partial charge in [-0.25, -0.2) is 9.78 Å². The molecule has 4 fully saturated rings. The van der Waals surface area contributed by atoms with E-state index in [1.165, 1.54) is 19.2 Å². The standard InChI is InChI=1S/C30H30F3N3O5/c1-16-11-25(34-14-21(16)28(37)38-2)36-24-13-19(12-18-9-10-29(18,24)36)39-15-22-26(35-41-27(22)17-7-8-17)20-5-3-4-6-23(20)40-30(31,32)33/h3-6,11,14,17-19,24H,7-10,12-13,15H2,1-2H3. The summed E-state index contributed by atoms with van der Waals surface area (Å²) in [5, 5.41) is 4.20. The van der Waals surface area contributed by atoms with Crippen LogP contribution in [-0.2, 0) is 16.1 Å². The van der Waals surface area contributed by atoms with E-state index < -0.39 is 12.3 Å². The van der Waals surface area contributed by atoms with Crippen molar-refractivity contribution in [3.8, 4) is 17.0 Å². The molecule has 3 heterocycles. The fourth-order valence-corrected chi connectivity index (χ4v) is 7.03. The fraction of sp³-hybridized carbons (Fsp3) is 0.500. The summed E-state index contributed by atoms with van der Waals surface area (Å²) in [5.74, 6) is 1.52. The lowest BCUT2D eigenvalue weighted by Gasteiger charge is -2.42. The number of hydrogen-bond acceptors (Lipinski definition) is 8.